The van der Waals surface area contributed by atoms with Gasteiger partial charge in [-0.25, -0.2) is 0 Å². The molecule has 0 spiro atoms. The third-order valence-electron chi connectivity index (χ3n) is 4.75. The summed E-state index contributed by atoms with van der Waals surface area (Å²) in [4.78, 5) is 38.7. The van der Waals surface area contributed by atoms with Crippen molar-refractivity contribution in [3.05, 3.63) is 64.2 Å². The average molecular weight is 399 g/mol. The molecule has 28 heavy (non-hydrogen) atoms. The molecule has 2 aromatic rings. The Kier molecular flexibility index (Phi) is 6.30. The first kappa shape index (κ1) is 19.9. The molecule has 1 saturated heterocycles. The number of rotatable bonds is 5. The van der Waals surface area contributed by atoms with Crippen LogP contribution in [0, 0.1) is 16.0 Å². The zero-order valence-corrected chi connectivity index (χ0v) is 16.3. The molecule has 0 bridgehead atoms. The van der Waals surface area contributed by atoms with Gasteiger partial charge < -0.3 is 10.2 Å². The van der Waals surface area contributed by atoms with E-state index >= 15 is 0 Å². The van der Waals surface area contributed by atoms with Crippen molar-refractivity contribution < 1.29 is 14.5 Å². The highest BCUT2D eigenvalue weighted by Crippen LogP contribution is 2.28. The summed E-state index contributed by atoms with van der Waals surface area (Å²) >= 11 is 1.42. The predicted molar refractivity (Wildman–Crippen MR) is 109 cm³/mol. The molecule has 1 fully saturated rings. The molecule has 1 aliphatic heterocycles. The van der Waals surface area contributed by atoms with Crippen LogP contribution in [0.4, 0.5) is 11.4 Å². The molecule has 146 valence electrons. The lowest BCUT2D eigenvalue weighted by atomic mass is 9.96. The number of para-hydroxylation sites is 1. The number of nitro benzene ring substituents is 1. The highest BCUT2D eigenvalue weighted by molar-refractivity contribution is 7.98. The summed E-state index contributed by atoms with van der Waals surface area (Å²) in [7, 11) is 0. The van der Waals surface area contributed by atoms with Gasteiger partial charge in [0.25, 0.3) is 11.6 Å². The van der Waals surface area contributed by atoms with Gasteiger partial charge in [0.1, 0.15) is 5.56 Å². The lowest BCUT2D eigenvalue weighted by Crippen LogP contribution is -2.44. The second-order valence-corrected chi connectivity index (χ2v) is 7.47. The first-order valence-corrected chi connectivity index (χ1v) is 10.2. The number of amides is 2. The Labute approximate surface area is 167 Å². The highest BCUT2D eigenvalue weighted by atomic mass is 32.2. The summed E-state index contributed by atoms with van der Waals surface area (Å²) in [5, 5.41) is 14.2. The number of nitro groups is 1. The van der Waals surface area contributed by atoms with Gasteiger partial charge in [-0.2, -0.15) is 0 Å². The van der Waals surface area contributed by atoms with Gasteiger partial charge >= 0.3 is 0 Å². The number of likely N-dealkylation sites (tertiary alicyclic amines) is 1. The van der Waals surface area contributed by atoms with E-state index in [0.29, 0.717) is 25.1 Å². The van der Waals surface area contributed by atoms with Crippen molar-refractivity contribution in [2.45, 2.75) is 17.7 Å². The third-order valence-corrected chi connectivity index (χ3v) is 5.48. The van der Waals surface area contributed by atoms with Crippen LogP contribution in [0.5, 0.6) is 0 Å². The van der Waals surface area contributed by atoms with Crippen molar-refractivity contribution in [2.75, 3.05) is 24.7 Å². The maximum absolute atomic E-state index is 13.0. The van der Waals surface area contributed by atoms with Gasteiger partial charge in [-0.3, -0.25) is 19.7 Å². The second kappa shape index (κ2) is 8.88. The number of hydrogen-bond donors (Lipinski definition) is 1. The maximum atomic E-state index is 13.0. The fourth-order valence-corrected chi connectivity index (χ4v) is 3.72. The van der Waals surface area contributed by atoms with Gasteiger partial charge in [0.05, 0.1) is 10.8 Å². The van der Waals surface area contributed by atoms with E-state index in [-0.39, 0.29) is 29.6 Å². The molecule has 8 heteroatoms. The Morgan fingerprint density at radius 3 is 2.64 bits per heavy atom. The normalized spacial score (nSPS) is 16.5. The number of thioether (sulfide) groups is 1. The lowest BCUT2D eigenvalue weighted by Gasteiger charge is -2.32. The zero-order chi connectivity index (χ0) is 20.1. The van der Waals surface area contributed by atoms with Crippen molar-refractivity contribution >= 4 is 35.0 Å². The van der Waals surface area contributed by atoms with Crippen LogP contribution in [0.25, 0.3) is 0 Å². The van der Waals surface area contributed by atoms with Crippen molar-refractivity contribution in [3.63, 3.8) is 0 Å². The van der Waals surface area contributed by atoms with Crippen LogP contribution >= 0.6 is 11.8 Å². The van der Waals surface area contributed by atoms with Crippen molar-refractivity contribution in [1.82, 2.24) is 4.90 Å². The van der Waals surface area contributed by atoms with Crippen LogP contribution in [0.15, 0.2) is 53.4 Å². The third kappa shape index (κ3) is 4.51. The molecular weight excluding hydrogens is 378 g/mol. The lowest BCUT2D eigenvalue weighted by molar-refractivity contribution is -0.385. The summed E-state index contributed by atoms with van der Waals surface area (Å²) in [5.74, 6) is -0.892. The smallest absolute Gasteiger partial charge is 0.282 e. The van der Waals surface area contributed by atoms with E-state index in [1.807, 2.05) is 24.5 Å². The molecule has 1 aliphatic rings. The van der Waals surface area contributed by atoms with E-state index in [1.54, 1.807) is 29.2 Å². The monoisotopic (exact) mass is 399 g/mol. The first-order valence-electron chi connectivity index (χ1n) is 8.97. The van der Waals surface area contributed by atoms with Gasteiger partial charge in [0.2, 0.25) is 5.91 Å². The number of carbonyl (C=O) groups is 2. The van der Waals surface area contributed by atoms with E-state index in [2.05, 4.69) is 5.32 Å². The molecule has 1 N–H and O–H groups in total. The van der Waals surface area contributed by atoms with E-state index < -0.39 is 10.8 Å². The number of benzene rings is 2. The summed E-state index contributed by atoms with van der Waals surface area (Å²) in [6.45, 7) is 0.729. The Bertz CT molecular complexity index is 888. The van der Waals surface area contributed by atoms with Crippen LogP contribution in [0.2, 0.25) is 0 Å². The second-order valence-electron chi connectivity index (χ2n) is 6.59. The highest BCUT2D eigenvalue weighted by Gasteiger charge is 2.32. The SMILES string of the molecule is CSc1ccc([N+](=O)[O-])c(C(=O)N2CCCC(C(=O)Nc3ccccc3)C2)c1. The molecule has 1 heterocycles. The number of piperidine rings is 1. The molecule has 7 nitrogen and oxygen atoms in total. The number of carbonyl (C=O) groups excluding carboxylic acids is 2. The number of hydrogen-bond acceptors (Lipinski definition) is 5. The largest absolute Gasteiger partial charge is 0.338 e. The van der Waals surface area contributed by atoms with Gasteiger partial charge in [0, 0.05) is 29.7 Å². The minimum Gasteiger partial charge on any atom is -0.338 e. The van der Waals surface area contributed by atoms with E-state index in [9.17, 15) is 19.7 Å². The Morgan fingerprint density at radius 1 is 1.21 bits per heavy atom. The van der Waals surface area contributed by atoms with Crippen LogP contribution in [0.1, 0.15) is 23.2 Å². The fourth-order valence-electron chi connectivity index (χ4n) is 3.28. The van der Waals surface area contributed by atoms with Crippen LogP contribution in [-0.4, -0.2) is 41.0 Å². The zero-order valence-electron chi connectivity index (χ0n) is 15.5. The molecule has 1 unspecified atom stereocenters. The number of anilines is 1. The maximum Gasteiger partial charge on any atom is 0.282 e. The Hall–Kier alpha value is -2.87. The fraction of sp³-hybridized carbons (Fsp3) is 0.300. The average Bonchev–Trinajstić information content (AvgIpc) is 2.73. The van der Waals surface area contributed by atoms with E-state index in [0.717, 1.165) is 4.90 Å². The van der Waals surface area contributed by atoms with Gasteiger partial charge in [-0.1, -0.05) is 18.2 Å². The van der Waals surface area contributed by atoms with E-state index in [1.165, 1.54) is 17.8 Å². The number of nitrogens with one attached hydrogen (secondary N) is 1. The van der Waals surface area contributed by atoms with Crippen LogP contribution in [0.3, 0.4) is 0 Å². The predicted octanol–water partition coefficient (Wildman–Crippen LogP) is 3.81. The molecule has 0 aliphatic carbocycles. The number of nitrogens with zero attached hydrogens (tertiary/aromatic N) is 2. The molecule has 0 aromatic heterocycles. The minimum absolute atomic E-state index is 0.0703. The molecule has 0 saturated carbocycles. The summed E-state index contributed by atoms with van der Waals surface area (Å²) < 4.78 is 0. The summed E-state index contributed by atoms with van der Waals surface area (Å²) in [6, 6.07) is 13.7. The minimum atomic E-state index is -0.541. The van der Waals surface area contributed by atoms with E-state index in [4.69, 9.17) is 0 Å². The quantitative estimate of drug-likeness (QED) is 0.469. The van der Waals surface area contributed by atoms with Crippen molar-refractivity contribution in [3.8, 4) is 0 Å². The Morgan fingerprint density at radius 2 is 1.96 bits per heavy atom. The van der Waals surface area contributed by atoms with Crippen molar-refractivity contribution in [2.24, 2.45) is 5.92 Å². The molecule has 1 atom stereocenters. The molecule has 3 rings (SSSR count). The summed E-state index contributed by atoms with van der Waals surface area (Å²) in [6.07, 6.45) is 3.20. The topological polar surface area (TPSA) is 92.6 Å². The molecule has 0 radical (unpaired) electrons. The molecule has 2 amide bonds. The van der Waals surface area contributed by atoms with Gasteiger partial charge in [-0.15, -0.1) is 11.8 Å². The van der Waals surface area contributed by atoms with Crippen LogP contribution in [-0.2, 0) is 4.79 Å². The van der Waals surface area contributed by atoms with Gasteiger partial charge in [0.15, 0.2) is 0 Å². The van der Waals surface area contributed by atoms with Crippen molar-refractivity contribution in [1.29, 1.82) is 0 Å². The molecule has 2 aromatic carbocycles. The molecular formula is C20H21N3O4S. The Balaban J connectivity index is 1.76. The standard InChI is InChI=1S/C20H21N3O4S/c1-28-16-9-10-18(23(26)27)17(12-16)20(25)22-11-5-6-14(13-22)19(24)21-15-7-3-2-4-8-15/h2-4,7-10,12,14H,5-6,11,13H2,1H3,(H,21,24). The van der Waals surface area contributed by atoms with Crippen LogP contribution < -0.4 is 5.32 Å². The van der Waals surface area contributed by atoms with Gasteiger partial charge in [-0.05, 0) is 43.4 Å². The summed E-state index contributed by atoms with van der Waals surface area (Å²) in [5.41, 5.74) is 0.568. The first-order chi connectivity index (χ1) is 13.5.